The predicted octanol–water partition coefficient (Wildman–Crippen LogP) is 4.02. The summed E-state index contributed by atoms with van der Waals surface area (Å²) < 4.78 is 29.9. The number of hydrazine groups is 1. The number of halogens is 1. The summed E-state index contributed by atoms with van der Waals surface area (Å²) in [5.74, 6) is -1.28. The number of nitrogens with zero attached hydrogens (tertiary/aromatic N) is 1. The van der Waals surface area contributed by atoms with Gasteiger partial charge in [0.05, 0.1) is 21.0 Å². The molecule has 8 nitrogen and oxygen atoms in total. The number of nitrogens with one attached hydrogen (secondary N) is 3. The van der Waals surface area contributed by atoms with E-state index in [1.54, 1.807) is 35.0 Å². The van der Waals surface area contributed by atoms with Crippen molar-refractivity contribution in [3.05, 3.63) is 94.6 Å². The molecule has 0 spiro atoms. The molecule has 0 saturated carbocycles. The lowest BCUT2D eigenvalue weighted by Crippen LogP contribution is -2.41. The van der Waals surface area contributed by atoms with E-state index in [0.29, 0.717) is 11.3 Å². The zero-order valence-corrected chi connectivity index (χ0v) is 19.9. The molecule has 1 aromatic heterocycles. The molecule has 2 amide bonds. The van der Waals surface area contributed by atoms with Crippen LogP contribution < -0.4 is 15.6 Å². The Kier molecular flexibility index (Phi) is 6.32. The van der Waals surface area contributed by atoms with Crippen LogP contribution in [0.3, 0.4) is 0 Å². The molecule has 3 N–H and O–H groups in total. The number of anilines is 1. The minimum atomic E-state index is -3.98. The Labute approximate surface area is 201 Å². The van der Waals surface area contributed by atoms with E-state index in [2.05, 4.69) is 15.6 Å². The first-order chi connectivity index (χ1) is 16.2. The molecule has 1 heterocycles. The second-order valence-corrected chi connectivity index (χ2v) is 9.79. The van der Waals surface area contributed by atoms with Crippen molar-refractivity contribution in [3.63, 3.8) is 0 Å². The maximum atomic E-state index is 12.8. The summed E-state index contributed by atoms with van der Waals surface area (Å²) in [5.41, 5.74) is 7.07. The highest BCUT2D eigenvalue weighted by Crippen LogP contribution is 2.23. The van der Waals surface area contributed by atoms with Crippen molar-refractivity contribution in [1.82, 2.24) is 15.4 Å². The van der Waals surface area contributed by atoms with Crippen molar-refractivity contribution in [2.45, 2.75) is 11.8 Å². The van der Waals surface area contributed by atoms with Crippen molar-refractivity contribution in [3.8, 4) is 0 Å². The first-order valence-corrected chi connectivity index (χ1v) is 12.1. The number of carbonyl (C=O) groups excluding carboxylic acids is 2. The Morgan fingerprint density at radius 2 is 1.59 bits per heavy atom. The predicted molar refractivity (Wildman–Crippen MR) is 131 cm³/mol. The lowest BCUT2D eigenvalue weighted by molar-refractivity contribution is 0.0847. The number of fused-ring (bicyclic) bond motifs is 1. The summed E-state index contributed by atoms with van der Waals surface area (Å²) >= 11 is 6.14. The van der Waals surface area contributed by atoms with E-state index in [-0.39, 0.29) is 15.5 Å². The molecule has 174 valence electrons. The van der Waals surface area contributed by atoms with Crippen molar-refractivity contribution in [2.75, 3.05) is 4.72 Å². The quantitative estimate of drug-likeness (QED) is 0.362. The standard InChI is InChI=1S/C24H21ClN4O4S/c1-15-6-5-7-16(12-15)28-34(32,33)17-10-11-21(25)19(13-17)23(30)26-27-24(31)20-14-29(2)22-9-4-3-8-18(20)22/h3-14,28H,1-2H3,(H,26,30)(H,27,31). The van der Waals surface area contributed by atoms with Crippen LogP contribution in [0.2, 0.25) is 5.02 Å². The molecule has 0 saturated heterocycles. The maximum Gasteiger partial charge on any atom is 0.271 e. The number of sulfonamides is 1. The SMILES string of the molecule is Cc1cccc(NS(=O)(=O)c2ccc(Cl)c(C(=O)NNC(=O)c3cn(C)c4ccccc34)c2)c1. The number of aryl methyl sites for hydroxylation is 2. The molecule has 0 fully saturated rings. The maximum absolute atomic E-state index is 12.8. The average Bonchev–Trinajstić information content (AvgIpc) is 3.14. The van der Waals surface area contributed by atoms with Gasteiger partial charge in [-0.3, -0.25) is 25.2 Å². The summed E-state index contributed by atoms with van der Waals surface area (Å²) in [5, 5.41) is 0.761. The number of rotatable bonds is 5. The molecule has 0 bridgehead atoms. The average molecular weight is 497 g/mol. The van der Waals surface area contributed by atoms with Crippen LogP contribution in [-0.4, -0.2) is 24.8 Å². The highest BCUT2D eigenvalue weighted by atomic mass is 35.5. The van der Waals surface area contributed by atoms with E-state index in [0.717, 1.165) is 22.5 Å². The Bertz CT molecular complexity index is 1530. The van der Waals surface area contributed by atoms with E-state index in [4.69, 9.17) is 11.6 Å². The number of hydrogen-bond acceptors (Lipinski definition) is 4. The smallest absolute Gasteiger partial charge is 0.271 e. The number of amides is 2. The first-order valence-electron chi connectivity index (χ1n) is 10.2. The van der Waals surface area contributed by atoms with Crippen LogP contribution in [0, 0.1) is 6.92 Å². The Balaban J connectivity index is 1.52. The number of hydrogen-bond donors (Lipinski definition) is 3. The number of benzene rings is 3. The van der Waals surface area contributed by atoms with Gasteiger partial charge in [-0.05, 0) is 48.9 Å². The molecule has 0 atom stereocenters. The second-order valence-electron chi connectivity index (χ2n) is 7.70. The van der Waals surface area contributed by atoms with Crippen LogP contribution in [0.1, 0.15) is 26.3 Å². The van der Waals surface area contributed by atoms with Crippen LogP contribution in [0.5, 0.6) is 0 Å². The van der Waals surface area contributed by atoms with E-state index in [9.17, 15) is 18.0 Å². The Hall–Kier alpha value is -3.82. The van der Waals surface area contributed by atoms with E-state index in [1.807, 2.05) is 38.2 Å². The zero-order valence-electron chi connectivity index (χ0n) is 18.3. The van der Waals surface area contributed by atoms with E-state index >= 15 is 0 Å². The van der Waals surface area contributed by atoms with Gasteiger partial charge in [-0.15, -0.1) is 0 Å². The van der Waals surface area contributed by atoms with Crippen molar-refractivity contribution in [1.29, 1.82) is 0 Å². The normalized spacial score (nSPS) is 11.3. The molecule has 0 aliphatic rings. The monoisotopic (exact) mass is 496 g/mol. The molecule has 0 unspecified atom stereocenters. The Morgan fingerprint density at radius 3 is 2.32 bits per heavy atom. The van der Waals surface area contributed by atoms with Gasteiger partial charge in [-0.25, -0.2) is 8.42 Å². The van der Waals surface area contributed by atoms with Crippen molar-refractivity contribution >= 4 is 50.0 Å². The van der Waals surface area contributed by atoms with Crippen LogP contribution >= 0.6 is 11.6 Å². The molecule has 10 heteroatoms. The summed E-state index contributed by atoms with van der Waals surface area (Å²) in [6.07, 6.45) is 1.66. The van der Waals surface area contributed by atoms with Gasteiger partial charge in [0.25, 0.3) is 21.8 Å². The summed E-state index contributed by atoms with van der Waals surface area (Å²) in [6.45, 7) is 1.84. The van der Waals surface area contributed by atoms with E-state index in [1.165, 1.54) is 12.1 Å². The fourth-order valence-electron chi connectivity index (χ4n) is 3.54. The van der Waals surface area contributed by atoms with Crippen molar-refractivity contribution < 1.29 is 18.0 Å². The van der Waals surface area contributed by atoms with Gasteiger partial charge in [0, 0.05) is 29.8 Å². The van der Waals surface area contributed by atoms with Crippen LogP contribution in [-0.2, 0) is 17.1 Å². The number of para-hydroxylation sites is 1. The van der Waals surface area contributed by atoms with Gasteiger partial charge in [0.1, 0.15) is 0 Å². The van der Waals surface area contributed by atoms with Crippen LogP contribution in [0.4, 0.5) is 5.69 Å². The highest BCUT2D eigenvalue weighted by molar-refractivity contribution is 7.92. The van der Waals surface area contributed by atoms with Gasteiger partial charge in [-0.2, -0.15) is 0 Å². The van der Waals surface area contributed by atoms with Gasteiger partial charge in [-0.1, -0.05) is 41.9 Å². The van der Waals surface area contributed by atoms with Gasteiger partial charge >= 0.3 is 0 Å². The minimum absolute atomic E-state index is 0.0337. The zero-order chi connectivity index (χ0) is 24.5. The molecule has 34 heavy (non-hydrogen) atoms. The van der Waals surface area contributed by atoms with Gasteiger partial charge in [0.15, 0.2) is 0 Å². The molecule has 4 rings (SSSR count). The number of carbonyl (C=O) groups is 2. The molecule has 0 aliphatic heterocycles. The largest absolute Gasteiger partial charge is 0.350 e. The lowest BCUT2D eigenvalue weighted by atomic mass is 10.2. The fourth-order valence-corrected chi connectivity index (χ4v) is 4.82. The van der Waals surface area contributed by atoms with Crippen molar-refractivity contribution in [2.24, 2.45) is 7.05 Å². The van der Waals surface area contributed by atoms with E-state index < -0.39 is 21.8 Å². The van der Waals surface area contributed by atoms with Gasteiger partial charge < -0.3 is 4.57 Å². The third kappa shape index (κ3) is 4.75. The summed E-state index contributed by atoms with van der Waals surface area (Å²) in [4.78, 5) is 25.2. The Morgan fingerprint density at radius 1 is 0.882 bits per heavy atom. The molecular formula is C24H21ClN4O4S. The third-order valence-electron chi connectivity index (χ3n) is 5.19. The third-order valence-corrected chi connectivity index (χ3v) is 6.90. The lowest BCUT2D eigenvalue weighted by Gasteiger charge is -2.12. The molecule has 4 aromatic rings. The first kappa shape index (κ1) is 23.3. The van der Waals surface area contributed by atoms with Crippen LogP contribution in [0.25, 0.3) is 10.9 Å². The highest BCUT2D eigenvalue weighted by Gasteiger charge is 2.20. The topological polar surface area (TPSA) is 109 Å². The molecule has 0 aliphatic carbocycles. The minimum Gasteiger partial charge on any atom is -0.350 e. The summed E-state index contributed by atoms with van der Waals surface area (Å²) in [7, 11) is -2.16. The van der Waals surface area contributed by atoms with Crippen LogP contribution in [0.15, 0.2) is 77.8 Å². The summed E-state index contributed by atoms with van der Waals surface area (Å²) in [6, 6.07) is 18.0. The molecule has 3 aromatic carbocycles. The second kappa shape index (κ2) is 9.20. The van der Waals surface area contributed by atoms with Gasteiger partial charge in [0.2, 0.25) is 0 Å². The molecule has 0 radical (unpaired) electrons. The molecular weight excluding hydrogens is 476 g/mol. The number of aromatic nitrogens is 1. The fraction of sp³-hybridized carbons (Fsp3) is 0.0833.